The zero-order valence-corrected chi connectivity index (χ0v) is 11.8. The maximum absolute atomic E-state index is 5.80. The van der Waals surface area contributed by atoms with E-state index in [1.807, 2.05) is 24.6 Å². The number of aromatic nitrogens is 1. The maximum Gasteiger partial charge on any atom is 0.186 e. The van der Waals surface area contributed by atoms with Gasteiger partial charge in [0.15, 0.2) is 5.13 Å². The monoisotopic (exact) mass is 316 g/mol. The maximum atomic E-state index is 5.80. The molecule has 84 valence electrons. The van der Waals surface area contributed by atoms with Gasteiger partial charge >= 0.3 is 0 Å². The van der Waals surface area contributed by atoms with Crippen LogP contribution in [0.2, 0.25) is 5.15 Å². The van der Waals surface area contributed by atoms with Crippen molar-refractivity contribution in [1.82, 2.24) is 4.98 Å². The number of anilines is 1. The Kier molecular flexibility index (Phi) is 3.84. The molecule has 0 saturated heterocycles. The minimum absolute atomic E-state index is 0.557. The first-order valence-electron chi connectivity index (χ1n) is 4.72. The van der Waals surface area contributed by atoms with Gasteiger partial charge in [-0.1, -0.05) is 39.7 Å². The summed E-state index contributed by atoms with van der Waals surface area (Å²) < 4.78 is 1.09. The molecule has 0 spiro atoms. The summed E-state index contributed by atoms with van der Waals surface area (Å²) in [4.78, 5) is 6.31. The van der Waals surface area contributed by atoms with Crippen LogP contribution >= 0.6 is 38.9 Å². The van der Waals surface area contributed by atoms with E-state index in [1.54, 1.807) is 11.3 Å². The van der Waals surface area contributed by atoms with Crippen LogP contribution < -0.4 is 4.90 Å². The highest BCUT2D eigenvalue weighted by Gasteiger charge is 2.06. The quantitative estimate of drug-likeness (QED) is 0.843. The van der Waals surface area contributed by atoms with Crippen LogP contribution in [0.25, 0.3) is 0 Å². The van der Waals surface area contributed by atoms with Crippen molar-refractivity contribution in [2.45, 2.75) is 6.54 Å². The Bertz CT molecular complexity index is 486. The van der Waals surface area contributed by atoms with Gasteiger partial charge in [-0.15, -0.1) is 11.3 Å². The fraction of sp³-hybridized carbons (Fsp3) is 0.182. The summed E-state index contributed by atoms with van der Waals surface area (Å²) in [6.45, 7) is 0.823. The summed E-state index contributed by atoms with van der Waals surface area (Å²) in [6.07, 6.45) is 0. The fourth-order valence-corrected chi connectivity index (χ4v) is 2.76. The highest BCUT2D eigenvalue weighted by Crippen LogP contribution is 2.24. The molecule has 2 rings (SSSR count). The molecule has 0 unspecified atom stereocenters. The van der Waals surface area contributed by atoms with E-state index < -0.39 is 0 Å². The van der Waals surface area contributed by atoms with Crippen molar-refractivity contribution in [2.75, 3.05) is 11.9 Å². The first-order valence-corrected chi connectivity index (χ1v) is 6.77. The van der Waals surface area contributed by atoms with Crippen LogP contribution in [0.1, 0.15) is 5.56 Å². The van der Waals surface area contributed by atoms with Crippen molar-refractivity contribution >= 4 is 44.0 Å². The first kappa shape index (κ1) is 11.9. The molecule has 0 N–H and O–H groups in total. The zero-order chi connectivity index (χ0) is 11.5. The van der Waals surface area contributed by atoms with E-state index in [-0.39, 0.29) is 0 Å². The Balaban J connectivity index is 2.10. The number of benzene rings is 1. The molecular weight excluding hydrogens is 308 g/mol. The van der Waals surface area contributed by atoms with E-state index in [1.165, 1.54) is 5.56 Å². The summed E-state index contributed by atoms with van der Waals surface area (Å²) in [7, 11) is 2.01. The van der Waals surface area contributed by atoms with E-state index in [2.05, 4.69) is 37.9 Å². The topological polar surface area (TPSA) is 16.1 Å². The van der Waals surface area contributed by atoms with Gasteiger partial charge in [-0.2, -0.15) is 0 Å². The van der Waals surface area contributed by atoms with E-state index in [0.717, 1.165) is 16.1 Å². The molecule has 0 radical (unpaired) electrons. The predicted octanol–water partition coefficient (Wildman–Crippen LogP) is 4.20. The van der Waals surface area contributed by atoms with Crippen molar-refractivity contribution < 1.29 is 0 Å². The van der Waals surface area contributed by atoms with Crippen LogP contribution in [0.5, 0.6) is 0 Å². The zero-order valence-electron chi connectivity index (χ0n) is 8.65. The Morgan fingerprint density at radius 3 is 2.94 bits per heavy atom. The van der Waals surface area contributed by atoms with E-state index in [0.29, 0.717) is 5.15 Å². The lowest BCUT2D eigenvalue weighted by atomic mass is 10.2. The van der Waals surface area contributed by atoms with Crippen molar-refractivity contribution in [3.05, 3.63) is 44.8 Å². The van der Waals surface area contributed by atoms with Crippen LogP contribution in [-0.4, -0.2) is 12.0 Å². The molecule has 0 aliphatic rings. The average Bonchev–Trinajstić information content (AvgIpc) is 2.65. The summed E-state index contributed by atoms with van der Waals surface area (Å²) in [5.41, 5.74) is 1.24. The van der Waals surface area contributed by atoms with E-state index in [9.17, 15) is 0 Å². The van der Waals surface area contributed by atoms with Crippen molar-refractivity contribution in [3.8, 4) is 0 Å². The summed E-state index contributed by atoms with van der Waals surface area (Å²) in [5.74, 6) is 0. The molecule has 16 heavy (non-hydrogen) atoms. The molecule has 2 nitrogen and oxygen atoms in total. The Hall–Kier alpha value is -0.580. The third kappa shape index (κ3) is 2.97. The van der Waals surface area contributed by atoms with Gasteiger partial charge < -0.3 is 4.90 Å². The minimum atomic E-state index is 0.557. The number of halogens is 2. The van der Waals surface area contributed by atoms with Gasteiger partial charge in [0.1, 0.15) is 5.15 Å². The number of rotatable bonds is 3. The van der Waals surface area contributed by atoms with Gasteiger partial charge in [0, 0.05) is 23.4 Å². The molecule has 2 aromatic rings. The van der Waals surface area contributed by atoms with Crippen LogP contribution in [0.15, 0.2) is 34.1 Å². The second-order valence-electron chi connectivity index (χ2n) is 3.44. The average molecular weight is 318 g/mol. The first-order chi connectivity index (χ1) is 7.65. The van der Waals surface area contributed by atoms with Crippen LogP contribution in [-0.2, 0) is 6.54 Å². The van der Waals surface area contributed by atoms with Crippen molar-refractivity contribution in [3.63, 3.8) is 0 Å². The van der Waals surface area contributed by atoms with Crippen LogP contribution in [0.4, 0.5) is 5.13 Å². The van der Waals surface area contributed by atoms with Gasteiger partial charge in [0.25, 0.3) is 0 Å². The van der Waals surface area contributed by atoms with Crippen molar-refractivity contribution in [2.24, 2.45) is 0 Å². The Morgan fingerprint density at radius 1 is 1.50 bits per heavy atom. The third-order valence-corrected chi connectivity index (χ3v) is 3.87. The molecule has 0 amide bonds. The molecule has 0 saturated carbocycles. The molecule has 0 atom stereocenters. The van der Waals surface area contributed by atoms with Crippen LogP contribution in [0.3, 0.4) is 0 Å². The smallest absolute Gasteiger partial charge is 0.186 e. The normalized spacial score (nSPS) is 10.4. The third-order valence-electron chi connectivity index (χ3n) is 2.10. The molecular formula is C11H10BrClN2S. The second-order valence-corrected chi connectivity index (χ2v) is 5.58. The van der Waals surface area contributed by atoms with Gasteiger partial charge in [0.2, 0.25) is 0 Å². The molecule has 1 heterocycles. The molecule has 1 aromatic carbocycles. The molecule has 1 aromatic heterocycles. The summed E-state index contributed by atoms with van der Waals surface area (Å²) in [5, 5.41) is 3.33. The Labute approximate surface area is 112 Å². The number of hydrogen-bond acceptors (Lipinski definition) is 3. The summed E-state index contributed by atoms with van der Waals surface area (Å²) >= 11 is 10.8. The standard InChI is InChI=1S/C11H10BrClN2S/c1-15(11-14-10(13)7-16-11)6-8-3-2-4-9(12)5-8/h2-5,7H,6H2,1H3. The van der Waals surface area contributed by atoms with Gasteiger partial charge in [-0.25, -0.2) is 4.98 Å². The molecule has 0 aliphatic carbocycles. The minimum Gasteiger partial charge on any atom is -0.347 e. The summed E-state index contributed by atoms with van der Waals surface area (Å²) in [6, 6.07) is 8.24. The molecule has 0 aliphatic heterocycles. The lowest BCUT2D eigenvalue weighted by Gasteiger charge is -2.15. The van der Waals surface area contributed by atoms with Crippen LogP contribution in [0, 0.1) is 0 Å². The largest absolute Gasteiger partial charge is 0.347 e. The highest BCUT2D eigenvalue weighted by molar-refractivity contribution is 9.10. The number of hydrogen-bond donors (Lipinski definition) is 0. The number of thiazole rings is 1. The predicted molar refractivity (Wildman–Crippen MR) is 73.4 cm³/mol. The van der Waals surface area contributed by atoms with Gasteiger partial charge in [-0.3, -0.25) is 0 Å². The lowest BCUT2D eigenvalue weighted by molar-refractivity contribution is 0.914. The van der Waals surface area contributed by atoms with Crippen molar-refractivity contribution in [1.29, 1.82) is 0 Å². The SMILES string of the molecule is CN(Cc1cccc(Br)c1)c1nc(Cl)cs1. The molecule has 0 fully saturated rings. The molecule has 5 heteroatoms. The Morgan fingerprint density at radius 2 is 2.31 bits per heavy atom. The van der Waals surface area contributed by atoms with Gasteiger partial charge in [0.05, 0.1) is 0 Å². The van der Waals surface area contributed by atoms with E-state index in [4.69, 9.17) is 11.6 Å². The van der Waals surface area contributed by atoms with Gasteiger partial charge in [-0.05, 0) is 17.7 Å². The van der Waals surface area contributed by atoms with E-state index >= 15 is 0 Å². The fourth-order valence-electron chi connectivity index (χ4n) is 1.40. The highest BCUT2D eigenvalue weighted by atomic mass is 79.9. The molecule has 0 bridgehead atoms. The lowest BCUT2D eigenvalue weighted by Crippen LogP contribution is -2.15. The second kappa shape index (κ2) is 5.17. The number of nitrogens with zero attached hydrogens (tertiary/aromatic N) is 2.